The third-order valence-corrected chi connectivity index (χ3v) is 6.15. The molecule has 1 N–H and O–H groups in total. The molecule has 2 heterocycles. The molecule has 1 spiro atoms. The van der Waals surface area contributed by atoms with Crippen molar-refractivity contribution < 1.29 is 9.90 Å². The maximum absolute atomic E-state index is 11.6. The molecule has 2 aliphatic rings. The van der Waals surface area contributed by atoms with Crippen molar-refractivity contribution in [1.82, 2.24) is 4.40 Å². The highest BCUT2D eigenvalue weighted by molar-refractivity contribution is 6.34. The number of pyridine rings is 1. The lowest BCUT2D eigenvalue weighted by molar-refractivity contribution is -0.00532. The number of hydrogen-bond acceptors (Lipinski definition) is 2. The fourth-order valence-electron chi connectivity index (χ4n) is 4.43. The summed E-state index contributed by atoms with van der Waals surface area (Å²) < 4.78 is 2.02. The topological polar surface area (TPSA) is 41.7 Å². The first-order valence-corrected chi connectivity index (χ1v) is 11.2. The molecular weight excluding hydrogens is 370 g/mol. The van der Waals surface area contributed by atoms with E-state index in [1.807, 2.05) is 49.6 Å². The van der Waals surface area contributed by atoms with E-state index < -0.39 is 0 Å². The second-order valence-electron chi connectivity index (χ2n) is 8.46. The van der Waals surface area contributed by atoms with Gasteiger partial charge < -0.3 is 9.51 Å². The van der Waals surface area contributed by atoms with Gasteiger partial charge in [-0.1, -0.05) is 45.2 Å². The number of nitrogens with zero attached hydrogens (tertiary/aromatic N) is 1. The van der Waals surface area contributed by atoms with Crippen molar-refractivity contribution in [2.45, 2.75) is 91.6 Å². The molecule has 156 valence electrons. The van der Waals surface area contributed by atoms with Crippen LogP contribution in [0.15, 0.2) is 24.4 Å². The lowest BCUT2D eigenvalue weighted by Crippen LogP contribution is -2.32. The van der Waals surface area contributed by atoms with Gasteiger partial charge >= 0.3 is 0 Å². The van der Waals surface area contributed by atoms with Crippen LogP contribution in [0.3, 0.4) is 0 Å². The van der Waals surface area contributed by atoms with Gasteiger partial charge in [0, 0.05) is 17.5 Å². The largest absolute Gasteiger partial charge is 0.390 e. The third kappa shape index (κ3) is 5.39. The Kier molecular flexibility index (Phi) is 7.75. The summed E-state index contributed by atoms with van der Waals surface area (Å²) in [7, 11) is 0. The molecule has 0 aromatic carbocycles. The summed E-state index contributed by atoms with van der Waals surface area (Å²) >= 11 is 6.15. The average Bonchev–Trinajstić information content (AvgIpc) is 3.26. The minimum Gasteiger partial charge on any atom is -0.390 e. The summed E-state index contributed by atoms with van der Waals surface area (Å²) in [5.74, 6) is 0.0629. The van der Waals surface area contributed by atoms with Gasteiger partial charge in [-0.2, -0.15) is 0 Å². The number of aliphatic hydroxyl groups is 1. The van der Waals surface area contributed by atoms with Crippen LogP contribution in [0.1, 0.15) is 95.6 Å². The Bertz CT molecular complexity index is 798. The number of fused-ring (bicyclic) bond motifs is 1. The van der Waals surface area contributed by atoms with E-state index >= 15 is 0 Å². The number of halogens is 1. The summed E-state index contributed by atoms with van der Waals surface area (Å²) in [6.45, 7) is 9.69. The van der Waals surface area contributed by atoms with Crippen molar-refractivity contribution in [2.75, 3.05) is 0 Å². The smallest absolute Gasteiger partial charge is 0.162 e. The molecule has 2 aliphatic carbocycles. The van der Waals surface area contributed by atoms with Crippen LogP contribution in [-0.2, 0) is 6.42 Å². The van der Waals surface area contributed by atoms with E-state index in [4.69, 9.17) is 11.6 Å². The molecule has 0 saturated heterocycles. The zero-order valence-electron chi connectivity index (χ0n) is 18.1. The number of ketones is 1. The van der Waals surface area contributed by atoms with E-state index in [1.54, 1.807) is 6.92 Å². The molecule has 2 aromatic rings. The van der Waals surface area contributed by atoms with Crippen molar-refractivity contribution in [3.8, 4) is 0 Å². The van der Waals surface area contributed by atoms with Gasteiger partial charge in [0.1, 0.15) is 0 Å². The van der Waals surface area contributed by atoms with Crippen molar-refractivity contribution in [1.29, 1.82) is 0 Å². The van der Waals surface area contributed by atoms with Crippen LogP contribution in [-0.4, -0.2) is 20.9 Å². The van der Waals surface area contributed by atoms with Crippen LogP contribution in [0.2, 0.25) is 5.02 Å². The summed E-state index contributed by atoms with van der Waals surface area (Å²) in [6, 6.07) is 5.67. The zero-order valence-corrected chi connectivity index (χ0v) is 18.9. The Balaban J connectivity index is 0.000000200. The standard InChI is InChI=1S/C13H14ClNO.C9H16O.C2H6/c1-3-5-10-8-11(9(2)16)13-12(14)6-4-7-15(10)13;1-8(10)3-2-4-9(7-8)5-6-9;1-2/h4,6-8H,3,5H2,1-2H3;10H,2-7H2,1H3;1-2H3. The first-order chi connectivity index (χ1) is 13.3. The first-order valence-electron chi connectivity index (χ1n) is 10.8. The summed E-state index contributed by atoms with van der Waals surface area (Å²) in [5.41, 5.74) is 2.98. The molecule has 4 heteroatoms. The third-order valence-electron chi connectivity index (χ3n) is 5.84. The minimum absolute atomic E-state index is 0.0629. The SMILES string of the molecule is CC.CC1(O)CCCC2(CC2)C1.CCCc1cc(C(C)=O)c2c(Cl)cccn12. The van der Waals surface area contributed by atoms with Crippen molar-refractivity contribution in [3.63, 3.8) is 0 Å². The number of carbonyl (C=O) groups excluding carboxylic acids is 1. The predicted octanol–water partition coefficient (Wildman–Crippen LogP) is 6.87. The fourth-order valence-corrected chi connectivity index (χ4v) is 4.70. The van der Waals surface area contributed by atoms with Gasteiger partial charge in [0.05, 0.1) is 16.1 Å². The lowest BCUT2D eigenvalue weighted by Gasteiger charge is -2.34. The second-order valence-corrected chi connectivity index (χ2v) is 8.86. The van der Waals surface area contributed by atoms with Crippen LogP contribution in [0.4, 0.5) is 0 Å². The van der Waals surface area contributed by atoms with Crippen LogP contribution in [0.5, 0.6) is 0 Å². The monoisotopic (exact) mass is 405 g/mol. The first kappa shape index (κ1) is 23.0. The highest BCUT2D eigenvalue weighted by atomic mass is 35.5. The van der Waals surface area contributed by atoms with Gasteiger partial charge in [-0.15, -0.1) is 0 Å². The van der Waals surface area contributed by atoms with Gasteiger partial charge in [-0.3, -0.25) is 4.79 Å². The molecule has 0 bridgehead atoms. The molecule has 2 fully saturated rings. The molecule has 2 aromatic heterocycles. The molecular formula is C24H36ClNO2. The summed E-state index contributed by atoms with van der Waals surface area (Å²) in [6.07, 6.45) is 11.4. The molecule has 0 amide bonds. The van der Waals surface area contributed by atoms with E-state index in [1.165, 1.54) is 25.7 Å². The van der Waals surface area contributed by atoms with Gasteiger partial charge in [-0.25, -0.2) is 0 Å². The lowest BCUT2D eigenvalue weighted by atomic mass is 9.77. The molecule has 2 saturated carbocycles. The Labute approximate surface area is 175 Å². The van der Waals surface area contributed by atoms with Crippen LogP contribution < -0.4 is 0 Å². The maximum atomic E-state index is 11.6. The summed E-state index contributed by atoms with van der Waals surface area (Å²) in [4.78, 5) is 11.6. The number of rotatable bonds is 3. The number of Topliss-reactive ketones (excluding diaryl/α,β-unsaturated/α-hetero) is 1. The van der Waals surface area contributed by atoms with Crippen LogP contribution in [0.25, 0.3) is 5.52 Å². The summed E-state index contributed by atoms with van der Waals surface area (Å²) in [5, 5.41) is 10.4. The van der Waals surface area contributed by atoms with Gasteiger partial charge in [-0.05, 0) is 76.0 Å². The second kappa shape index (κ2) is 9.45. The molecule has 28 heavy (non-hydrogen) atoms. The van der Waals surface area contributed by atoms with Gasteiger partial charge in [0.15, 0.2) is 5.78 Å². The molecule has 4 rings (SSSR count). The molecule has 0 aliphatic heterocycles. The van der Waals surface area contributed by atoms with Crippen LogP contribution in [0, 0.1) is 5.41 Å². The number of hydrogen-bond donors (Lipinski definition) is 1. The molecule has 3 nitrogen and oxygen atoms in total. The van der Waals surface area contributed by atoms with Crippen molar-refractivity contribution in [3.05, 3.63) is 40.7 Å². The Morgan fingerprint density at radius 1 is 1.25 bits per heavy atom. The average molecular weight is 406 g/mol. The van der Waals surface area contributed by atoms with E-state index in [2.05, 4.69) is 6.92 Å². The van der Waals surface area contributed by atoms with E-state index in [-0.39, 0.29) is 11.4 Å². The highest BCUT2D eigenvalue weighted by Gasteiger charge is 2.48. The van der Waals surface area contributed by atoms with Crippen molar-refractivity contribution >= 4 is 22.9 Å². The van der Waals surface area contributed by atoms with E-state index in [0.29, 0.717) is 16.0 Å². The Hall–Kier alpha value is -1.32. The minimum atomic E-state index is -0.325. The zero-order chi connectivity index (χ0) is 20.9. The predicted molar refractivity (Wildman–Crippen MR) is 119 cm³/mol. The molecule has 1 atom stereocenters. The number of aromatic nitrogens is 1. The van der Waals surface area contributed by atoms with E-state index in [9.17, 15) is 9.90 Å². The number of aryl methyl sites for hydroxylation is 1. The molecule has 1 unspecified atom stereocenters. The van der Waals surface area contributed by atoms with Crippen molar-refractivity contribution in [2.24, 2.45) is 5.41 Å². The quantitative estimate of drug-likeness (QED) is 0.566. The van der Waals surface area contributed by atoms with Gasteiger partial charge in [0.2, 0.25) is 0 Å². The van der Waals surface area contributed by atoms with Crippen LogP contribution >= 0.6 is 11.6 Å². The van der Waals surface area contributed by atoms with Gasteiger partial charge in [0.25, 0.3) is 0 Å². The highest BCUT2D eigenvalue weighted by Crippen LogP contribution is 2.58. The normalized spacial score (nSPS) is 22.1. The fraction of sp³-hybridized carbons (Fsp3) is 0.625. The Morgan fingerprint density at radius 2 is 1.93 bits per heavy atom. The number of carbonyl (C=O) groups is 1. The molecule has 0 radical (unpaired) electrons. The Morgan fingerprint density at radius 3 is 2.43 bits per heavy atom. The maximum Gasteiger partial charge on any atom is 0.162 e. The van der Waals surface area contributed by atoms with E-state index in [0.717, 1.165) is 36.9 Å².